The molecule has 5 nitrogen and oxygen atoms in total. The molecular formula is C15H22N2O3S3. The molecule has 1 aliphatic heterocycles. The van der Waals surface area contributed by atoms with Gasteiger partial charge in [-0.1, -0.05) is 24.6 Å². The predicted molar refractivity (Wildman–Crippen MR) is 93.7 cm³/mol. The molecule has 0 N–H and O–H groups in total. The third kappa shape index (κ3) is 4.28. The molecular weight excluding hydrogens is 352 g/mol. The molecule has 2 aliphatic rings. The summed E-state index contributed by atoms with van der Waals surface area (Å²) in [6.07, 6.45) is 4.86. The molecule has 3 rings (SSSR count). The molecule has 2 fully saturated rings. The first-order valence-corrected chi connectivity index (χ1v) is 11.7. The Bertz CT molecular complexity index is 665. The third-order valence-corrected chi connectivity index (χ3v) is 8.40. The summed E-state index contributed by atoms with van der Waals surface area (Å²) in [7, 11) is -2.98. The smallest absolute Gasteiger partial charge is 0.233 e. The van der Waals surface area contributed by atoms with Crippen LogP contribution < -0.4 is 0 Å². The zero-order chi connectivity index (χ0) is 16.4. The summed E-state index contributed by atoms with van der Waals surface area (Å²) >= 11 is 3.01. The van der Waals surface area contributed by atoms with Gasteiger partial charge in [0.2, 0.25) is 5.91 Å². The number of carbonyl (C=O) groups is 1. The number of thiazole rings is 1. The van der Waals surface area contributed by atoms with Crippen LogP contribution in [0.25, 0.3) is 0 Å². The molecule has 23 heavy (non-hydrogen) atoms. The van der Waals surface area contributed by atoms with Crippen molar-refractivity contribution in [2.75, 3.05) is 17.3 Å². The van der Waals surface area contributed by atoms with Crippen LogP contribution in [0.15, 0.2) is 9.72 Å². The van der Waals surface area contributed by atoms with E-state index in [0.717, 1.165) is 35.7 Å². The second kappa shape index (κ2) is 7.11. The summed E-state index contributed by atoms with van der Waals surface area (Å²) in [5.74, 6) is 0.764. The Morgan fingerprint density at radius 2 is 2.09 bits per heavy atom. The quantitative estimate of drug-likeness (QED) is 0.741. The fraction of sp³-hybridized carbons (Fsp3) is 0.733. The number of hydrogen-bond acceptors (Lipinski definition) is 6. The van der Waals surface area contributed by atoms with Crippen molar-refractivity contribution in [1.29, 1.82) is 0 Å². The number of aryl methyl sites for hydroxylation is 1. The van der Waals surface area contributed by atoms with Gasteiger partial charge in [-0.15, -0.1) is 11.3 Å². The van der Waals surface area contributed by atoms with Crippen LogP contribution in [0, 0.1) is 6.92 Å². The number of rotatable bonds is 5. The van der Waals surface area contributed by atoms with Crippen molar-refractivity contribution in [3.63, 3.8) is 0 Å². The summed E-state index contributed by atoms with van der Waals surface area (Å²) in [4.78, 5) is 19.1. The Labute approximate surface area is 145 Å². The maximum atomic E-state index is 12.8. The summed E-state index contributed by atoms with van der Waals surface area (Å²) < 4.78 is 24.5. The SMILES string of the molecule is Cc1csc(SCC(=O)N(C2CCCC2)[C@@H]2CCS(=O)(=O)C2)n1. The van der Waals surface area contributed by atoms with E-state index in [1.54, 1.807) is 11.3 Å². The van der Waals surface area contributed by atoms with Crippen LogP contribution >= 0.6 is 23.1 Å². The highest BCUT2D eigenvalue weighted by atomic mass is 32.2. The zero-order valence-corrected chi connectivity index (χ0v) is 15.7. The Balaban J connectivity index is 1.68. The standard InChI is InChI=1S/C15H22N2O3S3/c1-11-8-21-15(16-11)22-9-14(18)17(12-4-2-3-5-12)13-6-7-23(19,20)10-13/h8,12-13H,2-7,9-10H2,1H3/t13-/m1/s1. The number of aromatic nitrogens is 1. The Morgan fingerprint density at radius 3 is 2.65 bits per heavy atom. The van der Waals surface area contributed by atoms with E-state index in [-0.39, 0.29) is 29.5 Å². The molecule has 1 saturated carbocycles. The van der Waals surface area contributed by atoms with Gasteiger partial charge in [-0.05, 0) is 26.2 Å². The van der Waals surface area contributed by atoms with E-state index in [2.05, 4.69) is 4.98 Å². The number of thioether (sulfide) groups is 1. The summed E-state index contributed by atoms with van der Waals surface area (Å²) in [6, 6.07) is 0.0914. The Kier molecular flexibility index (Phi) is 5.32. The summed E-state index contributed by atoms with van der Waals surface area (Å²) in [5.41, 5.74) is 0.972. The number of carbonyl (C=O) groups excluding carboxylic acids is 1. The van der Waals surface area contributed by atoms with E-state index in [9.17, 15) is 13.2 Å². The van der Waals surface area contributed by atoms with Crippen LogP contribution in [0.3, 0.4) is 0 Å². The largest absolute Gasteiger partial charge is 0.335 e. The molecule has 0 radical (unpaired) electrons. The molecule has 1 aromatic heterocycles. The van der Waals surface area contributed by atoms with Crippen molar-refractivity contribution in [2.45, 2.75) is 55.5 Å². The lowest BCUT2D eigenvalue weighted by atomic mass is 10.1. The number of hydrogen-bond donors (Lipinski definition) is 0. The van der Waals surface area contributed by atoms with Gasteiger partial charge in [-0.3, -0.25) is 4.79 Å². The van der Waals surface area contributed by atoms with Crippen molar-refractivity contribution in [3.8, 4) is 0 Å². The summed E-state index contributed by atoms with van der Waals surface area (Å²) in [6.45, 7) is 1.94. The van der Waals surface area contributed by atoms with Gasteiger partial charge in [0, 0.05) is 23.2 Å². The zero-order valence-electron chi connectivity index (χ0n) is 13.2. The first-order valence-electron chi connectivity index (χ1n) is 8.01. The van der Waals surface area contributed by atoms with Crippen molar-refractivity contribution in [3.05, 3.63) is 11.1 Å². The molecule has 128 valence electrons. The average Bonchev–Trinajstić information content (AvgIpc) is 3.20. The molecule has 8 heteroatoms. The molecule has 0 bridgehead atoms. The van der Waals surface area contributed by atoms with Gasteiger partial charge in [0.05, 0.1) is 17.3 Å². The average molecular weight is 375 g/mol. The minimum absolute atomic E-state index is 0.0665. The third-order valence-electron chi connectivity index (χ3n) is 4.52. The highest BCUT2D eigenvalue weighted by Gasteiger charge is 2.38. The van der Waals surface area contributed by atoms with Crippen molar-refractivity contribution >= 4 is 38.8 Å². The summed E-state index contributed by atoms with van der Waals surface area (Å²) in [5, 5.41) is 1.98. The van der Waals surface area contributed by atoms with Gasteiger partial charge in [0.15, 0.2) is 14.2 Å². The van der Waals surface area contributed by atoms with E-state index in [1.807, 2.05) is 17.2 Å². The van der Waals surface area contributed by atoms with E-state index in [0.29, 0.717) is 12.2 Å². The Morgan fingerprint density at radius 1 is 1.35 bits per heavy atom. The lowest BCUT2D eigenvalue weighted by Gasteiger charge is -2.34. The van der Waals surface area contributed by atoms with Crippen molar-refractivity contribution in [1.82, 2.24) is 9.88 Å². The molecule has 1 amide bonds. The minimum Gasteiger partial charge on any atom is -0.335 e. The van der Waals surface area contributed by atoms with Crippen molar-refractivity contribution in [2.24, 2.45) is 0 Å². The fourth-order valence-electron chi connectivity index (χ4n) is 3.48. The molecule has 2 heterocycles. The first kappa shape index (κ1) is 17.2. The monoisotopic (exact) mass is 374 g/mol. The van der Waals surface area contributed by atoms with Crippen LogP contribution in [-0.2, 0) is 14.6 Å². The van der Waals surface area contributed by atoms with Crippen LogP contribution in [0.1, 0.15) is 37.8 Å². The van der Waals surface area contributed by atoms with Gasteiger partial charge < -0.3 is 4.90 Å². The van der Waals surface area contributed by atoms with Crippen LogP contribution in [0.5, 0.6) is 0 Å². The van der Waals surface area contributed by atoms with Gasteiger partial charge in [-0.2, -0.15) is 0 Å². The van der Waals surface area contributed by atoms with Gasteiger partial charge >= 0.3 is 0 Å². The van der Waals surface area contributed by atoms with Gasteiger partial charge in [0.25, 0.3) is 0 Å². The molecule has 0 aromatic carbocycles. The first-order chi connectivity index (χ1) is 10.9. The highest BCUT2D eigenvalue weighted by molar-refractivity contribution is 8.01. The normalized spacial score (nSPS) is 24.1. The molecule has 0 unspecified atom stereocenters. The second-order valence-electron chi connectivity index (χ2n) is 6.34. The van der Waals surface area contributed by atoms with Crippen LogP contribution in [-0.4, -0.2) is 53.6 Å². The fourth-order valence-corrected chi connectivity index (χ4v) is 6.91. The maximum absolute atomic E-state index is 12.8. The van der Waals surface area contributed by atoms with E-state index >= 15 is 0 Å². The Hall–Kier alpha value is -0.600. The minimum atomic E-state index is -2.98. The molecule has 1 aliphatic carbocycles. The number of nitrogens with zero attached hydrogens (tertiary/aromatic N) is 2. The van der Waals surface area contributed by atoms with E-state index in [4.69, 9.17) is 0 Å². The van der Waals surface area contributed by atoms with Crippen LogP contribution in [0.2, 0.25) is 0 Å². The van der Waals surface area contributed by atoms with Gasteiger partial charge in [-0.25, -0.2) is 13.4 Å². The van der Waals surface area contributed by atoms with E-state index < -0.39 is 9.84 Å². The number of sulfone groups is 1. The topological polar surface area (TPSA) is 67.3 Å². The highest BCUT2D eigenvalue weighted by Crippen LogP contribution is 2.31. The molecule has 1 atom stereocenters. The lowest BCUT2D eigenvalue weighted by Crippen LogP contribution is -2.47. The lowest BCUT2D eigenvalue weighted by molar-refractivity contribution is -0.132. The van der Waals surface area contributed by atoms with E-state index in [1.165, 1.54) is 11.8 Å². The second-order valence-corrected chi connectivity index (χ2v) is 10.6. The maximum Gasteiger partial charge on any atom is 0.233 e. The molecule has 0 spiro atoms. The molecule has 1 aromatic rings. The molecule has 1 saturated heterocycles. The number of amides is 1. The van der Waals surface area contributed by atoms with Gasteiger partial charge in [0.1, 0.15) is 0 Å². The van der Waals surface area contributed by atoms with Crippen molar-refractivity contribution < 1.29 is 13.2 Å². The predicted octanol–water partition coefficient (Wildman–Crippen LogP) is 2.50. The van der Waals surface area contributed by atoms with Crippen LogP contribution in [0.4, 0.5) is 0 Å².